The summed E-state index contributed by atoms with van der Waals surface area (Å²) >= 11 is 7.44. The Balaban J connectivity index is 2.59. The molecule has 104 valence electrons. The van der Waals surface area contributed by atoms with Crippen molar-refractivity contribution < 1.29 is 4.79 Å². The van der Waals surface area contributed by atoms with E-state index in [0.29, 0.717) is 11.5 Å². The highest BCUT2D eigenvalue weighted by molar-refractivity contribution is 14.1. The van der Waals surface area contributed by atoms with Gasteiger partial charge in [-0.3, -0.25) is 4.79 Å². The molecule has 0 fully saturated rings. The van der Waals surface area contributed by atoms with Crippen molar-refractivity contribution in [3.8, 4) is 0 Å². The standard InChI is InChI=1S/C14H19IN2OS/c1-3-5-6-13(18)17-14(19)16-12-8-7-11(15)9-10(12)4-2/h7-9H,3-6H2,1-2H3,(H2,16,17,18,19). The molecule has 0 saturated heterocycles. The molecule has 0 aliphatic heterocycles. The topological polar surface area (TPSA) is 41.1 Å². The predicted molar refractivity (Wildman–Crippen MR) is 92.4 cm³/mol. The molecular formula is C14H19IN2OS. The van der Waals surface area contributed by atoms with Gasteiger partial charge in [0, 0.05) is 15.7 Å². The van der Waals surface area contributed by atoms with Crippen molar-refractivity contribution in [2.75, 3.05) is 5.32 Å². The van der Waals surface area contributed by atoms with Gasteiger partial charge in [0.1, 0.15) is 0 Å². The monoisotopic (exact) mass is 390 g/mol. The van der Waals surface area contributed by atoms with Gasteiger partial charge in [-0.05, 0) is 71.4 Å². The van der Waals surface area contributed by atoms with Gasteiger partial charge >= 0.3 is 0 Å². The van der Waals surface area contributed by atoms with Gasteiger partial charge in [0.2, 0.25) is 5.91 Å². The number of hydrogen-bond donors (Lipinski definition) is 2. The van der Waals surface area contributed by atoms with Gasteiger partial charge in [-0.2, -0.15) is 0 Å². The van der Waals surface area contributed by atoms with Crippen LogP contribution >= 0.6 is 34.8 Å². The number of thiocarbonyl (C=S) groups is 1. The van der Waals surface area contributed by atoms with Gasteiger partial charge in [-0.25, -0.2) is 0 Å². The molecule has 1 rings (SSSR count). The Morgan fingerprint density at radius 3 is 2.74 bits per heavy atom. The Kier molecular flexibility index (Phi) is 7.30. The lowest BCUT2D eigenvalue weighted by atomic mass is 10.1. The lowest BCUT2D eigenvalue weighted by Gasteiger charge is -2.13. The zero-order chi connectivity index (χ0) is 14.3. The van der Waals surface area contributed by atoms with Crippen LogP contribution in [0.1, 0.15) is 38.7 Å². The summed E-state index contributed by atoms with van der Waals surface area (Å²) in [6.07, 6.45) is 3.33. The molecule has 5 heteroatoms. The first-order valence-electron chi connectivity index (χ1n) is 6.46. The fourth-order valence-corrected chi connectivity index (χ4v) is 2.44. The highest BCUT2D eigenvalue weighted by Crippen LogP contribution is 2.19. The van der Waals surface area contributed by atoms with Gasteiger partial charge in [-0.1, -0.05) is 20.3 Å². The summed E-state index contributed by atoms with van der Waals surface area (Å²) in [6, 6.07) is 6.12. The second-order valence-electron chi connectivity index (χ2n) is 4.26. The van der Waals surface area contributed by atoms with E-state index >= 15 is 0 Å². The van der Waals surface area contributed by atoms with Crippen molar-refractivity contribution >= 4 is 51.5 Å². The normalized spacial score (nSPS) is 10.1. The second-order valence-corrected chi connectivity index (χ2v) is 5.91. The number of nitrogens with one attached hydrogen (secondary N) is 2. The summed E-state index contributed by atoms with van der Waals surface area (Å²) in [7, 11) is 0. The molecule has 0 aromatic heterocycles. The summed E-state index contributed by atoms with van der Waals surface area (Å²) in [4.78, 5) is 11.6. The fourth-order valence-electron chi connectivity index (χ4n) is 1.66. The van der Waals surface area contributed by atoms with Crippen LogP contribution in [0, 0.1) is 3.57 Å². The Hall–Kier alpha value is -0.690. The maximum Gasteiger partial charge on any atom is 0.226 e. The van der Waals surface area contributed by atoms with Crippen LogP contribution in [0.15, 0.2) is 18.2 Å². The van der Waals surface area contributed by atoms with Crippen LogP contribution in [0.4, 0.5) is 5.69 Å². The Morgan fingerprint density at radius 1 is 1.37 bits per heavy atom. The third kappa shape index (κ3) is 5.86. The summed E-state index contributed by atoms with van der Waals surface area (Å²) in [5.74, 6) is -0.0251. The lowest BCUT2D eigenvalue weighted by Crippen LogP contribution is -2.34. The van der Waals surface area contributed by atoms with E-state index in [-0.39, 0.29) is 5.91 Å². The van der Waals surface area contributed by atoms with Crippen LogP contribution < -0.4 is 10.6 Å². The molecule has 3 nitrogen and oxygen atoms in total. The van der Waals surface area contributed by atoms with Gasteiger partial charge in [0.25, 0.3) is 0 Å². The summed E-state index contributed by atoms with van der Waals surface area (Å²) in [5.41, 5.74) is 2.15. The second kappa shape index (κ2) is 8.47. The van der Waals surface area contributed by atoms with E-state index in [1.807, 2.05) is 12.1 Å². The molecule has 1 aromatic carbocycles. The van der Waals surface area contributed by atoms with Crippen LogP contribution in [0.25, 0.3) is 0 Å². The minimum Gasteiger partial charge on any atom is -0.332 e. The number of anilines is 1. The van der Waals surface area contributed by atoms with Crippen LogP contribution in [0.3, 0.4) is 0 Å². The quantitative estimate of drug-likeness (QED) is 0.593. The average Bonchev–Trinajstić information content (AvgIpc) is 2.38. The average molecular weight is 390 g/mol. The van der Waals surface area contributed by atoms with E-state index in [1.165, 1.54) is 9.13 Å². The molecule has 2 N–H and O–H groups in total. The van der Waals surface area contributed by atoms with Crippen molar-refractivity contribution in [1.29, 1.82) is 0 Å². The van der Waals surface area contributed by atoms with E-state index in [9.17, 15) is 4.79 Å². The largest absolute Gasteiger partial charge is 0.332 e. The van der Waals surface area contributed by atoms with Crippen molar-refractivity contribution in [1.82, 2.24) is 5.32 Å². The third-order valence-electron chi connectivity index (χ3n) is 2.71. The van der Waals surface area contributed by atoms with E-state index in [0.717, 1.165) is 24.9 Å². The van der Waals surface area contributed by atoms with Crippen LogP contribution in [0.5, 0.6) is 0 Å². The Labute approximate surface area is 133 Å². The summed E-state index contributed by atoms with van der Waals surface area (Å²) in [6.45, 7) is 4.16. The minimum absolute atomic E-state index is 0.0251. The van der Waals surface area contributed by atoms with Gasteiger partial charge in [0.05, 0.1) is 0 Å². The zero-order valence-electron chi connectivity index (χ0n) is 11.3. The van der Waals surface area contributed by atoms with Crippen molar-refractivity contribution in [2.45, 2.75) is 39.5 Å². The number of halogens is 1. The highest BCUT2D eigenvalue weighted by Gasteiger charge is 2.07. The number of benzene rings is 1. The third-order valence-corrected chi connectivity index (χ3v) is 3.58. The molecule has 0 aliphatic carbocycles. The number of rotatable bonds is 5. The van der Waals surface area contributed by atoms with Gasteiger partial charge in [0.15, 0.2) is 5.11 Å². The first kappa shape index (κ1) is 16.4. The Bertz CT molecular complexity index is 463. The van der Waals surface area contributed by atoms with Crippen LogP contribution in [-0.2, 0) is 11.2 Å². The fraction of sp³-hybridized carbons (Fsp3) is 0.429. The zero-order valence-corrected chi connectivity index (χ0v) is 14.2. The maximum absolute atomic E-state index is 11.6. The van der Waals surface area contributed by atoms with E-state index in [2.05, 4.69) is 53.1 Å². The van der Waals surface area contributed by atoms with E-state index in [1.54, 1.807) is 0 Å². The molecule has 19 heavy (non-hydrogen) atoms. The van der Waals surface area contributed by atoms with Crippen LogP contribution in [-0.4, -0.2) is 11.0 Å². The van der Waals surface area contributed by atoms with E-state index < -0.39 is 0 Å². The molecule has 0 aliphatic rings. The smallest absolute Gasteiger partial charge is 0.226 e. The first-order chi connectivity index (χ1) is 9.06. The molecule has 0 spiro atoms. The van der Waals surface area contributed by atoms with Gasteiger partial charge < -0.3 is 10.6 Å². The number of hydrogen-bond acceptors (Lipinski definition) is 2. The summed E-state index contributed by atoms with van der Waals surface area (Å²) in [5, 5.41) is 6.17. The van der Waals surface area contributed by atoms with Gasteiger partial charge in [-0.15, -0.1) is 0 Å². The van der Waals surface area contributed by atoms with Crippen molar-refractivity contribution in [3.05, 3.63) is 27.3 Å². The van der Waals surface area contributed by atoms with Crippen molar-refractivity contribution in [3.63, 3.8) is 0 Å². The first-order valence-corrected chi connectivity index (χ1v) is 7.94. The van der Waals surface area contributed by atoms with Crippen LogP contribution in [0.2, 0.25) is 0 Å². The number of carbonyl (C=O) groups is 1. The molecule has 0 atom stereocenters. The molecule has 0 bridgehead atoms. The summed E-state index contributed by atoms with van der Waals surface area (Å²) < 4.78 is 1.19. The lowest BCUT2D eigenvalue weighted by molar-refractivity contribution is -0.119. The molecular weight excluding hydrogens is 371 g/mol. The molecule has 0 heterocycles. The number of amides is 1. The Morgan fingerprint density at radius 2 is 2.11 bits per heavy atom. The number of carbonyl (C=O) groups excluding carboxylic acids is 1. The molecule has 0 radical (unpaired) electrons. The highest BCUT2D eigenvalue weighted by atomic mass is 127. The number of unbranched alkanes of at least 4 members (excludes halogenated alkanes) is 1. The van der Waals surface area contributed by atoms with Crippen molar-refractivity contribution in [2.24, 2.45) is 0 Å². The maximum atomic E-state index is 11.6. The molecule has 1 aromatic rings. The molecule has 0 saturated carbocycles. The number of aryl methyl sites for hydroxylation is 1. The molecule has 0 unspecified atom stereocenters. The van der Waals surface area contributed by atoms with E-state index in [4.69, 9.17) is 12.2 Å². The predicted octanol–water partition coefficient (Wildman–Crippen LogP) is 3.86. The minimum atomic E-state index is -0.0251. The SMILES string of the molecule is CCCCC(=O)NC(=S)Nc1ccc(I)cc1CC. The molecule has 1 amide bonds.